The molecule has 8 rings (SSSR count). The molecule has 14 heteroatoms. The van der Waals surface area contributed by atoms with Gasteiger partial charge >= 0.3 is 5.97 Å². The molecule has 0 radical (unpaired) electrons. The summed E-state index contributed by atoms with van der Waals surface area (Å²) in [5, 5.41) is 20.8. The number of cyclic esters (lactones) is 1. The number of esters is 1. The molecule has 0 saturated heterocycles. The Morgan fingerprint density at radius 1 is 0.947 bits per heavy atom. The van der Waals surface area contributed by atoms with Crippen LogP contribution in [0.2, 0.25) is 0 Å². The molecular formula is C43H44N6O8. The first-order valence-electron chi connectivity index (χ1n) is 19.4. The summed E-state index contributed by atoms with van der Waals surface area (Å²) in [6, 6.07) is 10.6. The molecule has 14 nitrogen and oxygen atoms in total. The minimum absolute atomic E-state index is 0.0346. The van der Waals surface area contributed by atoms with Gasteiger partial charge in [-0.15, -0.1) is 0 Å². The maximum absolute atomic E-state index is 13.8. The lowest BCUT2D eigenvalue weighted by Crippen LogP contribution is -2.54. The third-order valence-corrected chi connectivity index (χ3v) is 11.6. The number of aryl methyl sites for hydroxylation is 2. The van der Waals surface area contributed by atoms with Crippen LogP contribution in [-0.2, 0) is 66.7 Å². The average molecular weight is 773 g/mol. The van der Waals surface area contributed by atoms with E-state index >= 15 is 0 Å². The van der Waals surface area contributed by atoms with Gasteiger partial charge in [-0.1, -0.05) is 39.0 Å². The number of benzene rings is 2. The molecule has 1 aliphatic carbocycles. The van der Waals surface area contributed by atoms with Crippen molar-refractivity contribution in [3.8, 4) is 11.4 Å². The maximum Gasteiger partial charge on any atom is 0.343 e. The summed E-state index contributed by atoms with van der Waals surface area (Å²) >= 11 is 0. The van der Waals surface area contributed by atoms with Crippen LogP contribution in [-0.4, -0.2) is 62.9 Å². The summed E-state index contributed by atoms with van der Waals surface area (Å²) in [4.78, 5) is 85.2. The molecule has 4 N–H and O–H groups in total. The lowest BCUT2D eigenvalue weighted by molar-refractivity contribution is -0.172. The van der Waals surface area contributed by atoms with Crippen LogP contribution in [0.1, 0.15) is 73.9 Å². The van der Waals surface area contributed by atoms with E-state index < -0.39 is 35.5 Å². The van der Waals surface area contributed by atoms with Crippen molar-refractivity contribution in [1.82, 2.24) is 20.2 Å². The van der Waals surface area contributed by atoms with E-state index in [0.29, 0.717) is 35.6 Å². The molecule has 3 atom stereocenters. The monoisotopic (exact) mass is 772 g/mol. The summed E-state index contributed by atoms with van der Waals surface area (Å²) in [5.41, 5.74) is 5.09. The van der Waals surface area contributed by atoms with Crippen molar-refractivity contribution in [3.63, 3.8) is 0 Å². The van der Waals surface area contributed by atoms with E-state index in [4.69, 9.17) is 9.72 Å². The topological polar surface area (TPSA) is 189 Å². The van der Waals surface area contributed by atoms with Crippen molar-refractivity contribution in [2.45, 2.75) is 90.6 Å². The molecule has 3 aliphatic heterocycles. The number of hydrogen-bond donors (Lipinski definition) is 4. The first-order valence-corrected chi connectivity index (χ1v) is 19.4. The summed E-state index contributed by atoms with van der Waals surface area (Å²) in [6.07, 6.45) is 5.63. The van der Waals surface area contributed by atoms with Crippen molar-refractivity contribution < 1.29 is 33.8 Å². The smallest absolute Gasteiger partial charge is 0.343 e. The Labute approximate surface area is 328 Å². The number of amides is 4. The van der Waals surface area contributed by atoms with Crippen molar-refractivity contribution in [3.05, 3.63) is 98.4 Å². The van der Waals surface area contributed by atoms with Gasteiger partial charge in [0.2, 0.25) is 17.7 Å². The number of aliphatic hydroxyl groups is 1. The summed E-state index contributed by atoms with van der Waals surface area (Å²) in [6.45, 7) is 7.47. The molecule has 0 saturated carbocycles. The Morgan fingerprint density at radius 2 is 1.70 bits per heavy atom. The quantitative estimate of drug-likeness (QED) is 0.155. The van der Waals surface area contributed by atoms with Gasteiger partial charge in [-0.3, -0.25) is 24.0 Å². The van der Waals surface area contributed by atoms with E-state index in [1.165, 1.54) is 6.08 Å². The highest BCUT2D eigenvalue weighted by Gasteiger charge is 2.45. The van der Waals surface area contributed by atoms with E-state index in [1.54, 1.807) is 65.8 Å². The number of hydrogen-bond acceptors (Lipinski definition) is 9. The number of nitrogens with one attached hydrogen (secondary N) is 3. The SMILES string of the molecule is CC[C@@]1(O)C(=O)OCc2c1cc1n(c2=O)Cc2c-1nc1ccc(NC(=O)[C@H](C)NC(=O)[C@@H](NC(=O)Cc3ccc(N4CC=CC4=O)cc3)C(C)C)c3c1c2CCC3. The highest BCUT2D eigenvalue weighted by atomic mass is 16.6. The molecule has 4 amide bonds. The molecule has 0 bridgehead atoms. The number of nitrogens with zero attached hydrogens (tertiary/aromatic N) is 3. The fourth-order valence-electron chi connectivity index (χ4n) is 8.45. The van der Waals surface area contributed by atoms with Gasteiger partial charge in [0.1, 0.15) is 18.7 Å². The van der Waals surface area contributed by atoms with Crippen molar-refractivity contribution in [2.24, 2.45) is 5.92 Å². The molecule has 4 aromatic rings. The third-order valence-electron chi connectivity index (χ3n) is 11.6. The first kappa shape index (κ1) is 37.8. The molecule has 0 unspecified atom stereocenters. The molecule has 294 valence electrons. The molecule has 2 aromatic carbocycles. The predicted molar refractivity (Wildman–Crippen MR) is 211 cm³/mol. The Bertz CT molecular complexity index is 2490. The standard InChI is InChI=1S/C43H44N6O8/c1-5-43(56)30-19-33-38-28(20-49(33)41(54)29(30)21-57-42(43)55)26-8-6-9-27-31(15-16-32(45-38)36(26)27)46-39(52)23(4)44-40(53)37(22(2)3)47-34(50)18-24-11-13-25(14-12-24)48-17-7-10-35(48)51/h7,10-16,19,22-23,37,56H,5-6,8-9,17-18,20-21H2,1-4H3,(H,44,53)(H,46,52)(H,47,50)/t23-,37-,43-/m0/s1. The molecule has 57 heavy (non-hydrogen) atoms. The summed E-state index contributed by atoms with van der Waals surface area (Å²) < 4.78 is 6.85. The Morgan fingerprint density at radius 3 is 2.40 bits per heavy atom. The van der Waals surface area contributed by atoms with E-state index in [2.05, 4.69) is 16.0 Å². The molecule has 0 spiro atoms. The van der Waals surface area contributed by atoms with E-state index in [9.17, 15) is 33.9 Å². The van der Waals surface area contributed by atoms with Gasteiger partial charge in [0.05, 0.1) is 35.4 Å². The van der Waals surface area contributed by atoms with Gasteiger partial charge in [0, 0.05) is 40.5 Å². The fraction of sp³-hybridized carbons (Fsp3) is 0.372. The molecule has 2 aromatic heterocycles. The fourth-order valence-corrected chi connectivity index (χ4v) is 8.45. The van der Waals surface area contributed by atoms with Gasteiger partial charge in [-0.25, -0.2) is 9.78 Å². The third kappa shape index (κ3) is 6.47. The number of carbonyl (C=O) groups excluding carboxylic acids is 5. The number of anilines is 2. The number of aromatic nitrogens is 2. The zero-order valence-electron chi connectivity index (χ0n) is 32.2. The van der Waals surface area contributed by atoms with Crippen LogP contribution < -0.4 is 26.4 Å². The Kier molecular flexibility index (Phi) is 9.55. The number of rotatable bonds is 10. The predicted octanol–water partition coefficient (Wildman–Crippen LogP) is 3.30. The van der Waals surface area contributed by atoms with Crippen molar-refractivity contribution >= 4 is 51.9 Å². The second-order valence-corrected chi connectivity index (χ2v) is 15.6. The van der Waals surface area contributed by atoms with Crippen LogP contribution in [0, 0.1) is 5.92 Å². The minimum Gasteiger partial charge on any atom is -0.458 e. The number of pyridine rings is 2. The van der Waals surface area contributed by atoms with Crippen LogP contribution >= 0.6 is 0 Å². The minimum atomic E-state index is -1.92. The van der Waals surface area contributed by atoms with Gasteiger partial charge in [-0.2, -0.15) is 0 Å². The van der Waals surface area contributed by atoms with Gasteiger partial charge in [-0.05, 0) is 85.5 Å². The number of fused-ring (bicyclic) bond motifs is 5. The van der Waals surface area contributed by atoms with E-state index in [0.717, 1.165) is 46.2 Å². The van der Waals surface area contributed by atoms with Crippen LogP contribution in [0.5, 0.6) is 0 Å². The lowest BCUT2D eigenvalue weighted by Gasteiger charge is -2.31. The van der Waals surface area contributed by atoms with E-state index in [-0.39, 0.29) is 60.4 Å². The first-order chi connectivity index (χ1) is 27.3. The molecule has 4 aliphatic rings. The van der Waals surface area contributed by atoms with Crippen molar-refractivity contribution in [2.75, 3.05) is 16.8 Å². The summed E-state index contributed by atoms with van der Waals surface area (Å²) in [5.74, 6) is -2.39. The average Bonchev–Trinajstić information content (AvgIpc) is 3.80. The normalized spacial score (nSPS) is 18.8. The number of carbonyl (C=O) groups is 5. The lowest BCUT2D eigenvalue weighted by atomic mass is 9.85. The zero-order chi connectivity index (χ0) is 40.3. The highest BCUT2D eigenvalue weighted by molar-refractivity contribution is 6.04. The highest BCUT2D eigenvalue weighted by Crippen LogP contribution is 2.43. The van der Waals surface area contributed by atoms with Gasteiger partial charge in [0.15, 0.2) is 5.60 Å². The van der Waals surface area contributed by atoms with Crippen LogP contribution in [0.25, 0.3) is 22.3 Å². The summed E-state index contributed by atoms with van der Waals surface area (Å²) in [7, 11) is 0. The van der Waals surface area contributed by atoms with E-state index in [1.807, 2.05) is 19.9 Å². The molecular weight excluding hydrogens is 729 g/mol. The molecule has 0 fully saturated rings. The largest absolute Gasteiger partial charge is 0.458 e. The van der Waals surface area contributed by atoms with Crippen LogP contribution in [0.15, 0.2) is 59.4 Å². The van der Waals surface area contributed by atoms with Gasteiger partial charge in [0.25, 0.3) is 11.5 Å². The maximum atomic E-state index is 13.8. The Balaban J connectivity index is 0.972. The molecule has 5 heterocycles. The second kappa shape index (κ2) is 14.4. The number of ether oxygens (including phenoxy) is 1. The Hall–Kier alpha value is -6.15. The van der Waals surface area contributed by atoms with Crippen molar-refractivity contribution in [1.29, 1.82) is 0 Å². The second-order valence-electron chi connectivity index (χ2n) is 15.6. The van der Waals surface area contributed by atoms with Gasteiger partial charge < -0.3 is 35.3 Å². The van der Waals surface area contributed by atoms with Crippen LogP contribution in [0.4, 0.5) is 11.4 Å². The zero-order valence-corrected chi connectivity index (χ0v) is 32.2. The van der Waals surface area contributed by atoms with Crippen LogP contribution in [0.3, 0.4) is 0 Å².